The molecule has 2 aliphatic rings. The van der Waals surface area contributed by atoms with Crippen molar-refractivity contribution in [3.63, 3.8) is 0 Å². The summed E-state index contributed by atoms with van der Waals surface area (Å²) in [5, 5.41) is 7.78. The number of benzene rings is 2. The molecular formula is C30H41ClN4O2. The number of H-pyrrole nitrogens is 1. The summed E-state index contributed by atoms with van der Waals surface area (Å²) in [6, 6.07) is 11.8. The fourth-order valence-corrected chi connectivity index (χ4v) is 5.85. The molecule has 0 amide bonds. The van der Waals surface area contributed by atoms with Crippen LogP contribution in [0.4, 0.5) is 0 Å². The minimum Gasteiger partial charge on any atom is -0.491 e. The molecule has 2 aromatic carbocycles. The number of nitrogens with one attached hydrogen (secondary N) is 3. The zero-order valence-corrected chi connectivity index (χ0v) is 22.6. The van der Waals surface area contributed by atoms with Crippen molar-refractivity contribution in [2.45, 2.75) is 64.4 Å². The summed E-state index contributed by atoms with van der Waals surface area (Å²) in [7, 11) is 0. The molecule has 7 heteroatoms. The molecule has 2 aliphatic heterocycles. The van der Waals surface area contributed by atoms with Gasteiger partial charge in [0.2, 0.25) is 0 Å². The molecule has 1 aromatic heterocycles. The lowest BCUT2D eigenvalue weighted by Crippen LogP contribution is -2.29. The summed E-state index contributed by atoms with van der Waals surface area (Å²) < 4.78 is 12.4. The number of aryl methyl sites for hydroxylation is 1. The minimum atomic E-state index is 0.369. The van der Waals surface area contributed by atoms with Crippen LogP contribution in [0.15, 0.2) is 36.4 Å². The van der Waals surface area contributed by atoms with Gasteiger partial charge in [-0.1, -0.05) is 17.7 Å². The van der Waals surface area contributed by atoms with Crippen LogP contribution in [-0.4, -0.2) is 42.8 Å². The van der Waals surface area contributed by atoms with E-state index < -0.39 is 0 Å². The minimum absolute atomic E-state index is 0.369. The summed E-state index contributed by atoms with van der Waals surface area (Å²) in [5.74, 6) is 4.10. The molecule has 0 saturated carbocycles. The smallest absolute Gasteiger partial charge is 0.150 e. The van der Waals surface area contributed by atoms with E-state index in [4.69, 9.17) is 26.1 Å². The molecule has 6 nitrogen and oxygen atoms in total. The van der Waals surface area contributed by atoms with Crippen LogP contribution < -0.4 is 20.1 Å². The van der Waals surface area contributed by atoms with Crippen LogP contribution in [0.1, 0.15) is 62.8 Å². The second-order valence-electron chi connectivity index (χ2n) is 10.7. The average Bonchev–Trinajstić information content (AvgIpc) is 3.36. The van der Waals surface area contributed by atoms with Gasteiger partial charge in [-0.05, 0) is 132 Å². The number of piperidine rings is 2. The summed E-state index contributed by atoms with van der Waals surface area (Å²) in [4.78, 5) is 8.36. The van der Waals surface area contributed by atoms with E-state index in [2.05, 4.69) is 27.8 Å². The van der Waals surface area contributed by atoms with Gasteiger partial charge in [0.1, 0.15) is 29.4 Å². The molecule has 2 fully saturated rings. The van der Waals surface area contributed by atoms with Crippen molar-refractivity contribution in [3.05, 3.63) is 52.8 Å². The maximum atomic E-state index is 6.50. The molecule has 3 heterocycles. The summed E-state index contributed by atoms with van der Waals surface area (Å²) in [6.07, 6.45) is 11.0. The number of aromatic amines is 1. The lowest BCUT2D eigenvalue weighted by Gasteiger charge is -2.23. The molecule has 0 radical (unpaired) electrons. The molecule has 0 aliphatic carbocycles. The first-order valence-electron chi connectivity index (χ1n) is 14.2. The predicted molar refractivity (Wildman–Crippen MR) is 151 cm³/mol. The van der Waals surface area contributed by atoms with Crippen LogP contribution in [-0.2, 0) is 13.0 Å². The molecule has 1 unspecified atom stereocenters. The van der Waals surface area contributed by atoms with Crippen molar-refractivity contribution in [2.75, 3.05) is 32.8 Å². The summed E-state index contributed by atoms with van der Waals surface area (Å²) >= 11 is 6.00. The van der Waals surface area contributed by atoms with Crippen molar-refractivity contribution < 1.29 is 9.47 Å². The Hall–Kier alpha value is -2.28. The first-order valence-corrected chi connectivity index (χ1v) is 14.6. The Morgan fingerprint density at radius 3 is 2.30 bits per heavy atom. The SMILES string of the molecule is Clc1ccc(OCc2nc3c(OCCC[C@H]4CCCNC4)c(CCCC4CCCNC4)ccc3[nH]2)cc1. The van der Waals surface area contributed by atoms with Gasteiger partial charge in [0.05, 0.1) is 12.1 Å². The van der Waals surface area contributed by atoms with Crippen LogP contribution in [0.2, 0.25) is 5.02 Å². The maximum absolute atomic E-state index is 6.50. The van der Waals surface area contributed by atoms with Crippen molar-refractivity contribution in [1.82, 2.24) is 20.6 Å². The highest BCUT2D eigenvalue weighted by Gasteiger charge is 2.17. The molecule has 200 valence electrons. The molecule has 3 aromatic rings. The van der Waals surface area contributed by atoms with Crippen molar-refractivity contribution in [2.24, 2.45) is 11.8 Å². The number of hydrogen-bond donors (Lipinski definition) is 3. The molecule has 37 heavy (non-hydrogen) atoms. The molecule has 0 bridgehead atoms. The van der Waals surface area contributed by atoms with Crippen LogP contribution in [0.25, 0.3) is 11.0 Å². The lowest BCUT2D eigenvalue weighted by atomic mass is 9.93. The van der Waals surface area contributed by atoms with Gasteiger partial charge in [-0.3, -0.25) is 0 Å². The Kier molecular flexibility index (Phi) is 9.60. The van der Waals surface area contributed by atoms with Crippen LogP contribution in [0, 0.1) is 11.8 Å². The van der Waals surface area contributed by atoms with Crippen molar-refractivity contribution in [1.29, 1.82) is 0 Å². The largest absolute Gasteiger partial charge is 0.491 e. The fourth-order valence-electron chi connectivity index (χ4n) is 5.72. The third-order valence-electron chi connectivity index (χ3n) is 7.79. The molecule has 5 rings (SSSR count). The van der Waals surface area contributed by atoms with E-state index in [1.807, 2.05) is 24.3 Å². The first kappa shape index (κ1) is 26.3. The quantitative estimate of drug-likeness (QED) is 0.243. The van der Waals surface area contributed by atoms with E-state index in [0.717, 1.165) is 72.7 Å². The highest BCUT2D eigenvalue weighted by Crippen LogP contribution is 2.31. The van der Waals surface area contributed by atoms with Gasteiger partial charge in [0.25, 0.3) is 0 Å². The second-order valence-corrected chi connectivity index (χ2v) is 11.1. The summed E-state index contributed by atoms with van der Waals surface area (Å²) in [6.45, 7) is 5.75. The number of imidazole rings is 1. The Morgan fingerprint density at radius 1 is 0.865 bits per heavy atom. The maximum Gasteiger partial charge on any atom is 0.150 e. The van der Waals surface area contributed by atoms with Crippen molar-refractivity contribution >= 4 is 22.6 Å². The first-order chi connectivity index (χ1) is 18.2. The standard InChI is InChI=1S/C30H41ClN4O2/c31-25-11-13-26(14-12-25)37-21-28-34-27-15-10-24(9-1-5-22-6-2-16-32-19-22)30(29(27)35-28)36-18-4-8-23-7-3-17-33-20-23/h10-15,22-23,32-33H,1-9,16-21H2,(H,34,35)/t22?,23-/m1/s1. The van der Waals surface area contributed by atoms with E-state index in [0.29, 0.717) is 11.6 Å². The number of aromatic nitrogens is 2. The Morgan fingerprint density at radius 2 is 1.59 bits per heavy atom. The van der Waals surface area contributed by atoms with Crippen LogP contribution in [0.5, 0.6) is 11.5 Å². The van der Waals surface area contributed by atoms with Gasteiger partial charge in [-0.25, -0.2) is 4.98 Å². The van der Waals surface area contributed by atoms with E-state index in [9.17, 15) is 0 Å². The number of ether oxygens (including phenoxy) is 2. The number of rotatable bonds is 12. The molecule has 3 N–H and O–H groups in total. The number of nitrogens with zero attached hydrogens (tertiary/aromatic N) is 1. The third-order valence-corrected chi connectivity index (χ3v) is 8.04. The van der Waals surface area contributed by atoms with Crippen LogP contribution >= 0.6 is 11.6 Å². The van der Waals surface area contributed by atoms with Gasteiger partial charge >= 0.3 is 0 Å². The Labute approximate surface area is 225 Å². The molecular weight excluding hydrogens is 484 g/mol. The highest BCUT2D eigenvalue weighted by atomic mass is 35.5. The van der Waals surface area contributed by atoms with E-state index in [1.54, 1.807) is 0 Å². The van der Waals surface area contributed by atoms with Gasteiger partial charge in [0.15, 0.2) is 0 Å². The van der Waals surface area contributed by atoms with Gasteiger partial charge in [0, 0.05) is 5.02 Å². The fraction of sp³-hybridized carbons (Fsp3) is 0.567. The van der Waals surface area contributed by atoms with E-state index in [-0.39, 0.29) is 0 Å². The monoisotopic (exact) mass is 524 g/mol. The van der Waals surface area contributed by atoms with Crippen LogP contribution in [0.3, 0.4) is 0 Å². The lowest BCUT2D eigenvalue weighted by molar-refractivity contribution is 0.275. The molecule has 2 saturated heterocycles. The van der Waals surface area contributed by atoms with Crippen molar-refractivity contribution in [3.8, 4) is 11.5 Å². The normalized spacial score (nSPS) is 20.2. The van der Waals surface area contributed by atoms with E-state index in [1.165, 1.54) is 63.6 Å². The van der Waals surface area contributed by atoms with Gasteiger partial charge in [-0.2, -0.15) is 0 Å². The number of fused-ring (bicyclic) bond motifs is 1. The number of hydrogen-bond acceptors (Lipinski definition) is 5. The summed E-state index contributed by atoms with van der Waals surface area (Å²) in [5.41, 5.74) is 3.19. The third kappa shape index (κ3) is 7.62. The van der Waals surface area contributed by atoms with E-state index >= 15 is 0 Å². The predicted octanol–water partition coefficient (Wildman–Crippen LogP) is 6.28. The zero-order chi connectivity index (χ0) is 25.3. The number of halogens is 1. The van der Waals surface area contributed by atoms with Gasteiger partial charge in [-0.15, -0.1) is 0 Å². The zero-order valence-electron chi connectivity index (χ0n) is 21.9. The molecule has 2 atom stereocenters. The highest BCUT2D eigenvalue weighted by molar-refractivity contribution is 6.30. The molecule has 0 spiro atoms. The second kappa shape index (κ2) is 13.5. The Bertz CT molecular complexity index is 1100. The van der Waals surface area contributed by atoms with Gasteiger partial charge < -0.3 is 25.1 Å². The topological polar surface area (TPSA) is 71.2 Å². The average molecular weight is 525 g/mol. The Balaban J connectivity index is 1.25.